The summed E-state index contributed by atoms with van der Waals surface area (Å²) < 4.78 is 47.2. The standard InChI is InChI=1S/C13H17ClF3NO2/c1-18-10(4-5-13(15,16)17)8-6-11(19-2)12(20-3)7-9(8)14/h6-7,10,18H,4-5H2,1-3H3. The first-order chi connectivity index (χ1) is 9.32. The van der Waals surface area contributed by atoms with Crippen LogP contribution in [-0.2, 0) is 0 Å². The fraction of sp³-hybridized carbons (Fsp3) is 0.538. The Labute approximate surface area is 121 Å². The number of methoxy groups -OCH3 is 2. The highest BCUT2D eigenvalue weighted by Gasteiger charge is 2.29. The number of rotatable bonds is 6. The van der Waals surface area contributed by atoms with Crippen molar-refractivity contribution in [3.05, 3.63) is 22.7 Å². The first-order valence-corrected chi connectivity index (χ1v) is 6.35. The Hall–Kier alpha value is -1.14. The number of alkyl halides is 3. The van der Waals surface area contributed by atoms with Crippen LogP contribution in [-0.4, -0.2) is 27.4 Å². The Morgan fingerprint density at radius 3 is 2.20 bits per heavy atom. The van der Waals surface area contributed by atoms with Crippen molar-refractivity contribution < 1.29 is 22.6 Å². The Balaban J connectivity index is 3.03. The normalized spacial score (nSPS) is 13.2. The van der Waals surface area contributed by atoms with E-state index in [-0.39, 0.29) is 6.42 Å². The predicted octanol–water partition coefficient (Wildman–Crippen LogP) is 3.96. The van der Waals surface area contributed by atoms with E-state index >= 15 is 0 Å². The third-order valence-electron chi connectivity index (χ3n) is 2.94. The molecule has 0 fully saturated rings. The molecule has 20 heavy (non-hydrogen) atoms. The van der Waals surface area contributed by atoms with Crippen molar-refractivity contribution in [2.45, 2.75) is 25.1 Å². The smallest absolute Gasteiger partial charge is 0.389 e. The molecule has 0 aliphatic carbocycles. The van der Waals surface area contributed by atoms with Crippen molar-refractivity contribution >= 4 is 11.6 Å². The van der Waals surface area contributed by atoms with Crippen LogP contribution >= 0.6 is 11.6 Å². The van der Waals surface area contributed by atoms with E-state index in [1.54, 1.807) is 13.1 Å². The molecule has 0 amide bonds. The average Bonchev–Trinajstić information content (AvgIpc) is 2.39. The van der Waals surface area contributed by atoms with Gasteiger partial charge in [0.2, 0.25) is 0 Å². The lowest BCUT2D eigenvalue weighted by molar-refractivity contribution is -0.136. The summed E-state index contributed by atoms with van der Waals surface area (Å²) in [6.07, 6.45) is -5.18. The second-order valence-electron chi connectivity index (χ2n) is 4.22. The molecule has 0 aromatic heterocycles. The number of benzene rings is 1. The van der Waals surface area contributed by atoms with Crippen molar-refractivity contribution in [1.82, 2.24) is 5.32 Å². The van der Waals surface area contributed by atoms with Crippen LogP contribution < -0.4 is 14.8 Å². The Morgan fingerprint density at radius 1 is 1.20 bits per heavy atom. The minimum atomic E-state index is -4.20. The van der Waals surface area contributed by atoms with E-state index in [9.17, 15) is 13.2 Å². The molecule has 0 bridgehead atoms. The van der Waals surface area contributed by atoms with E-state index < -0.39 is 18.6 Å². The summed E-state index contributed by atoms with van der Waals surface area (Å²) in [7, 11) is 4.51. The second-order valence-corrected chi connectivity index (χ2v) is 4.63. The largest absolute Gasteiger partial charge is 0.493 e. The molecule has 1 rings (SSSR count). The van der Waals surface area contributed by atoms with Crippen molar-refractivity contribution in [2.75, 3.05) is 21.3 Å². The zero-order valence-electron chi connectivity index (χ0n) is 11.5. The molecular weight excluding hydrogens is 295 g/mol. The molecule has 1 aromatic rings. The molecule has 0 radical (unpaired) electrons. The van der Waals surface area contributed by atoms with E-state index in [4.69, 9.17) is 21.1 Å². The molecule has 1 aromatic carbocycles. The lowest BCUT2D eigenvalue weighted by atomic mass is 10.0. The summed E-state index contributed by atoms with van der Waals surface area (Å²) >= 11 is 6.10. The molecule has 3 nitrogen and oxygen atoms in total. The van der Waals surface area contributed by atoms with Crippen LogP contribution in [0.25, 0.3) is 0 Å². The van der Waals surface area contributed by atoms with Crippen LogP contribution in [0, 0.1) is 0 Å². The molecule has 1 N–H and O–H groups in total. The van der Waals surface area contributed by atoms with Crippen molar-refractivity contribution in [2.24, 2.45) is 0 Å². The van der Waals surface area contributed by atoms with Gasteiger partial charge in [-0.05, 0) is 25.1 Å². The van der Waals surface area contributed by atoms with Gasteiger partial charge in [-0.3, -0.25) is 0 Å². The third kappa shape index (κ3) is 4.45. The minimum absolute atomic E-state index is 0.102. The Kier molecular flexibility index (Phi) is 5.95. The highest BCUT2D eigenvalue weighted by atomic mass is 35.5. The topological polar surface area (TPSA) is 30.5 Å². The summed E-state index contributed by atoms with van der Waals surface area (Å²) in [4.78, 5) is 0. The van der Waals surface area contributed by atoms with Gasteiger partial charge in [-0.1, -0.05) is 11.6 Å². The number of nitrogens with one attached hydrogen (secondary N) is 1. The monoisotopic (exact) mass is 311 g/mol. The SMILES string of the molecule is CNC(CCC(F)(F)F)c1cc(OC)c(OC)cc1Cl. The molecule has 0 aliphatic heterocycles. The molecule has 1 atom stereocenters. The van der Waals surface area contributed by atoms with Crippen LogP contribution in [0.5, 0.6) is 11.5 Å². The van der Waals surface area contributed by atoms with Gasteiger partial charge in [0.25, 0.3) is 0 Å². The molecule has 114 valence electrons. The van der Waals surface area contributed by atoms with E-state index in [2.05, 4.69) is 5.32 Å². The third-order valence-corrected chi connectivity index (χ3v) is 3.27. The molecule has 0 spiro atoms. The average molecular weight is 312 g/mol. The highest BCUT2D eigenvalue weighted by molar-refractivity contribution is 6.31. The maximum absolute atomic E-state index is 12.3. The molecule has 7 heteroatoms. The van der Waals surface area contributed by atoms with Gasteiger partial charge in [0.05, 0.1) is 14.2 Å². The summed E-state index contributed by atoms with van der Waals surface area (Å²) in [6, 6.07) is 2.62. The van der Waals surface area contributed by atoms with Crippen LogP contribution in [0.15, 0.2) is 12.1 Å². The Morgan fingerprint density at radius 2 is 1.75 bits per heavy atom. The fourth-order valence-corrected chi connectivity index (χ4v) is 2.19. The summed E-state index contributed by atoms with van der Waals surface area (Å²) in [5, 5.41) is 3.18. The van der Waals surface area contributed by atoms with Crippen LogP contribution in [0.4, 0.5) is 13.2 Å². The van der Waals surface area contributed by atoms with Gasteiger partial charge >= 0.3 is 6.18 Å². The minimum Gasteiger partial charge on any atom is -0.493 e. The van der Waals surface area contributed by atoms with Crippen molar-refractivity contribution in [1.29, 1.82) is 0 Å². The summed E-state index contributed by atoms with van der Waals surface area (Å²) in [5.74, 6) is 0.867. The van der Waals surface area contributed by atoms with Crippen molar-refractivity contribution in [3.8, 4) is 11.5 Å². The van der Waals surface area contributed by atoms with Gasteiger partial charge in [-0.25, -0.2) is 0 Å². The summed E-state index contributed by atoms with van der Waals surface area (Å²) in [5.41, 5.74) is 0.552. The molecule has 1 unspecified atom stereocenters. The molecular formula is C13H17ClF3NO2. The van der Waals surface area contributed by atoms with E-state index in [0.29, 0.717) is 22.1 Å². The molecule has 0 aliphatic rings. The van der Waals surface area contributed by atoms with Gasteiger partial charge in [-0.15, -0.1) is 0 Å². The number of ether oxygens (including phenoxy) is 2. The second kappa shape index (κ2) is 7.04. The molecule has 0 saturated heterocycles. The van der Waals surface area contributed by atoms with Crippen LogP contribution in [0.2, 0.25) is 5.02 Å². The van der Waals surface area contributed by atoms with Gasteiger partial charge in [-0.2, -0.15) is 13.2 Å². The quantitative estimate of drug-likeness (QED) is 0.862. The van der Waals surface area contributed by atoms with Gasteiger partial charge in [0.1, 0.15) is 0 Å². The maximum Gasteiger partial charge on any atom is 0.389 e. The predicted molar refractivity (Wildman–Crippen MR) is 71.6 cm³/mol. The van der Waals surface area contributed by atoms with Crippen molar-refractivity contribution in [3.63, 3.8) is 0 Å². The fourth-order valence-electron chi connectivity index (χ4n) is 1.90. The van der Waals surface area contributed by atoms with E-state index in [0.717, 1.165) is 0 Å². The first kappa shape index (κ1) is 16.9. The van der Waals surface area contributed by atoms with Gasteiger partial charge < -0.3 is 14.8 Å². The van der Waals surface area contributed by atoms with Crippen LogP contribution in [0.3, 0.4) is 0 Å². The zero-order valence-corrected chi connectivity index (χ0v) is 12.2. The van der Waals surface area contributed by atoms with E-state index in [1.807, 2.05) is 0 Å². The zero-order chi connectivity index (χ0) is 15.3. The highest BCUT2D eigenvalue weighted by Crippen LogP contribution is 2.38. The first-order valence-electron chi connectivity index (χ1n) is 5.97. The lowest BCUT2D eigenvalue weighted by Gasteiger charge is -2.20. The lowest BCUT2D eigenvalue weighted by Crippen LogP contribution is -2.20. The number of hydrogen-bond acceptors (Lipinski definition) is 3. The molecule has 0 heterocycles. The van der Waals surface area contributed by atoms with Crippen LogP contribution in [0.1, 0.15) is 24.4 Å². The Bertz CT molecular complexity index is 452. The van der Waals surface area contributed by atoms with Gasteiger partial charge in [0.15, 0.2) is 11.5 Å². The summed E-state index contributed by atoms with van der Waals surface area (Å²) in [6.45, 7) is 0. The van der Waals surface area contributed by atoms with Gasteiger partial charge in [0, 0.05) is 23.6 Å². The number of halogens is 4. The maximum atomic E-state index is 12.3. The molecule has 0 saturated carbocycles. The van der Waals surface area contributed by atoms with E-state index in [1.165, 1.54) is 20.3 Å². The number of hydrogen-bond donors (Lipinski definition) is 1.